The lowest BCUT2D eigenvalue weighted by atomic mass is 10.1. The molecule has 148 valence electrons. The molecule has 0 aliphatic heterocycles. The van der Waals surface area contributed by atoms with Gasteiger partial charge >= 0.3 is 0 Å². The third-order valence-corrected chi connectivity index (χ3v) is 3.96. The fourth-order valence-corrected chi connectivity index (χ4v) is 2.61. The first kappa shape index (κ1) is 20.2. The number of nitrogens with zero attached hydrogens (tertiary/aromatic N) is 3. The Bertz CT molecular complexity index is 1200. The van der Waals surface area contributed by atoms with Crippen LogP contribution in [0.15, 0.2) is 58.4 Å². The van der Waals surface area contributed by atoms with E-state index in [4.69, 9.17) is 15.9 Å². The maximum Gasteiger partial charge on any atom is 0.270 e. The van der Waals surface area contributed by atoms with Gasteiger partial charge in [-0.05, 0) is 23.8 Å². The number of hydrogen-bond acceptors (Lipinski definition) is 7. The predicted octanol–water partition coefficient (Wildman–Crippen LogP) is 2.78. The van der Waals surface area contributed by atoms with Crippen LogP contribution in [-0.4, -0.2) is 29.9 Å². The molecular formula is C22H17N5O3. The van der Waals surface area contributed by atoms with Crippen LogP contribution >= 0.6 is 0 Å². The second kappa shape index (κ2) is 9.58. The van der Waals surface area contributed by atoms with Crippen molar-refractivity contribution in [3.63, 3.8) is 0 Å². The quantitative estimate of drug-likeness (QED) is 0.359. The molecule has 0 aliphatic rings. The van der Waals surface area contributed by atoms with Crippen molar-refractivity contribution in [2.75, 3.05) is 19.1 Å². The van der Waals surface area contributed by atoms with Crippen molar-refractivity contribution in [2.45, 2.75) is 0 Å². The number of nitriles is 1. The van der Waals surface area contributed by atoms with Crippen LogP contribution in [0.2, 0.25) is 0 Å². The average Bonchev–Trinajstić information content (AvgIpc) is 2.78. The van der Waals surface area contributed by atoms with Gasteiger partial charge in [0.2, 0.25) is 5.95 Å². The maximum atomic E-state index is 12.3. The van der Waals surface area contributed by atoms with Crippen molar-refractivity contribution in [3.05, 3.63) is 70.0 Å². The summed E-state index contributed by atoms with van der Waals surface area (Å²) in [5.41, 5.74) is 3.68. The molecule has 1 heterocycles. The first-order valence-electron chi connectivity index (χ1n) is 8.79. The number of aromatic amines is 1. The van der Waals surface area contributed by atoms with Crippen LogP contribution in [0, 0.1) is 23.7 Å². The van der Waals surface area contributed by atoms with E-state index in [-0.39, 0.29) is 23.8 Å². The summed E-state index contributed by atoms with van der Waals surface area (Å²) in [4.78, 5) is 19.1. The summed E-state index contributed by atoms with van der Waals surface area (Å²) < 4.78 is 10.7. The van der Waals surface area contributed by atoms with Crippen LogP contribution in [0.1, 0.15) is 11.1 Å². The van der Waals surface area contributed by atoms with E-state index in [0.717, 1.165) is 0 Å². The molecule has 30 heavy (non-hydrogen) atoms. The maximum absolute atomic E-state index is 12.3. The van der Waals surface area contributed by atoms with Crippen LogP contribution in [-0.2, 0) is 0 Å². The van der Waals surface area contributed by atoms with E-state index in [9.17, 15) is 10.1 Å². The van der Waals surface area contributed by atoms with E-state index in [1.165, 1.54) is 13.3 Å². The normalized spacial score (nSPS) is 10.2. The molecule has 0 atom stereocenters. The molecule has 8 nitrogen and oxygen atoms in total. The minimum Gasteiger partial charge on any atom is -0.493 e. The number of H-pyrrole nitrogens is 1. The van der Waals surface area contributed by atoms with E-state index in [1.54, 1.807) is 42.5 Å². The molecule has 0 unspecified atom stereocenters. The minimum absolute atomic E-state index is 0.0683. The smallest absolute Gasteiger partial charge is 0.270 e. The summed E-state index contributed by atoms with van der Waals surface area (Å²) in [7, 11) is 1.53. The van der Waals surface area contributed by atoms with E-state index in [0.29, 0.717) is 22.6 Å². The third-order valence-electron chi connectivity index (χ3n) is 3.96. The Morgan fingerprint density at radius 3 is 2.77 bits per heavy atom. The van der Waals surface area contributed by atoms with Crippen molar-refractivity contribution < 1.29 is 9.47 Å². The SMILES string of the molecule is C#CCOc1cc(C=NNc2nc(-c3ccccc3)c(C#N)c(=O)[nH]2)ccc1OC. The number of hydrazone groups is 1. The lowest BCUT2D eigenvalue weighted by Gasteiger charge is -2.09. The Balaban J connectivity index is 1.85. The molecule has 0 saturated heterocycles. The Labute approximate surface area is 172 Å². The number of aromatic nitrogens is 2. The molecule has 1 aromatic heterocycles. The first-order valence-corrected chi connectivity index (χ1v) is 8.79. The lowest BCUT2D eigenvalue weighted by Crippen LogP contribution is -2.16. The zero-order valence-corrected chi connectivity index (χ0v) is 16.0. The number of hydrogen-bond donors (Lipinski definition) is 2. The van der Waals surface area contributed by atoms with Crippen molar-refractivity contribution in [2.24, 2.45) is 5.10 Å². The van der Waals surface area contributed by atoms with Gasteiger partial charge < -0.3 is 9.47 Å². The van der Waals surface area contributed by atoms with Gasteiger partial charge in [-0.2, -0.15) is 10.4 Å². The molecule has 2 aromatic carbocycles. The second-order valence-corrected chi connectivity index (χ2v) is 5.89. The third kappa shape index (κ3) is 4.64. The molecule has 0 aliphatic carbocycles. The summed E-state index contributed by atoms with van der Waals surface area (Å²) in [5.74, 6) is 3.52. The number of ether oxygens (including phenoxy) is 2. The molecule has 0 spiro atoms. The molecule has 3 rings (SSSR count). The fourth-order valence-electron chi connectivity index (χ4n) is 2.61. The number of terminal acetylenes is 1. The number of anilines is 1. The monoisotopic (exact) mass is 399 g/mol. The molecule has 0 radical (unpaired) electrons. The second-order valence-electron chi connectivity index (χ2n) is 5.89. The topological polar surface area (TPSA) is 112 Å². The molecule has 0 saturated carbocycles. The van der Waals surface area contributed by atoms with Crippen molar-refractivity contribution in [3.8, 4) is 41.2 Å². The van der Waals surface area contributed by atoms with Gasteiger partial charge in [-0.3, -0.25) is 9.78 Å². The van der Waals surface area contributed by atoms with Crippen LogP contribution < -0.4 is 20.5 Å². The number of benzene rings is 2. The van der Waals surface area contributed by atoms with Gasteiger partial charge in [-0.1, -0.05) is 36.3 Å². The van der Waals surface area contributed by atoms with E-state index >= 15 is 0 Å². The van der Waals surface area contributed by atoms with Crippen LogP contribution in [0.3, 0.4) is 0 Å². The molecule has 0 bridgehead atoms. The Kier molecular flexibility index (Phi) is 6.44. The standard InChI is InChI=1S/C22H17N5O3/c1-3-11-30-19-12-15(9-10-18(19)29-2)14-24-27-22-25-20(16-7-5-4-6-8-16)17(13-23)21(28)26-22/h1,4-10,12,14H,11H2,2H3,(H2,25,26,27,28). The first-order chi connectivity index (χ1) is 14.7. The highest BCUT2D eigenvalue weighted by Gasteiger charge is 2.12. The number of methoxy groups -OCH3 is 1. The summed E-state index contributed by atoms with van der Waals surface area (Å²) >= 11 is 0. The minimum atomic E-state index is -0.557. The summed E-state index contributed by atoms with van der Waals surface area (Å²) in [6.07, 6.45) is 6.75. The largest absolute Gasteiger partial charge is 0.493 e. The Morgan fingerprint density at radius 2 is 2.07 bits per heavy atom. The van der Waals surface area contributed by atoms with Gasteiger partial charge in [0.25, 0.3) is 5.56 Å². The van der Waals surface area contributed by atoms with Crippen LogP contribution in [0.25, 0.3) is 11.3 Å². The molecule has 8 heteroatoms. The number of rotatable bonds is 7. The van der Waals surface area contributed by atoms with Gasteiger partial charge in [0.1, 0.15) is 18.2 Å². The van der Waals surface area contributed by atoms with Gasteiger partial charge in [-0.15, -0.1) is 6.42 Å². The molecule has 0 fully saturated rings. The summed E-state index contributed by atoms with van der Waals surface area (Å²) in [6, 6.07) is 16.1. The summed E-state index contributed by atoms with van der Waals surface area (Å²) in [6.45, 7) is 0.105. The van der Waals surface area contributed by atoms with E-state index in [1.807, 2.05) is 12.1 Å². The predicted molar refractivity (Wildman–Crippen MR) is 114 cm³/mol. The average molecular weight is 399 g/mol. The van der Waals surface area contributed by atoms with Crippen LogP contribution in [0.4, 0.5) is 5.95 Å². The lowest BCUT2D eigenvalue weighted by molar-refractivity contribution is 0.331. The highest BCUT2D eigenvalue weighted by atomic mass is 16.5. The zero-order valence-electron chi connectivity index (χ0n) is 16.0. The Hall–Kier alpha value is -4.56. The van der Waals surface area contributed by atoms with E-state index < -0.39 is 5.56 Å². The summed E-state index contributed by atoms with van der Waals surface area (Å²) in [5, 5.41) is 13.4. The van der Waals surface area contributed by atoms with Crippen molar-refractivity contribution in [1.82, 2.24) is 9.97 Å². The van der Waals surface area contributed by atoms with E-state index in [2.05, 4.69) is 26.4 Å². The number of nitrogens with one attached hydrogen (secondary N) is 2. The van der Waals surface area contributed by atoms with Gasteiger partial charge in [-0.25, -0.2) is 10.4 Å². The van der Waals surface area contributed by atoms with Crippen molar-refractivity contribution >= 4 is 12.2 Å². The molecule has 2 N–H and O–H groups in total. The van der Waals surface area contributed by atoms with Gasteiger partial charge in [0.15, 0.2) is 11.5 Å². The zero-order chi connectivity index (χ0) is 21.3. The van der Waals surface area contributed by atoms with Crippen LogP contribution in [0.5, 0.6) is 11.5 Å². The van der Waals surface area contributed by atoms with Gasteiger partial charge in [0.05, 0.1) is 19.0 Å². The van der Waals surface area contributed by atoms with Gasteiger partial charge in [0, 0.05) is 5.56 Å². The molecular weight excluding hydrogens is 382 g/mol. The highest BCUT2D eigenvalue weighted by molar-refractivity contribution is 5.81. The molecule has 0 amide bonds. The molecule has 3 aromatic rings. The van der Waals surface area contributed by atoms with Crippen molar-refractivity contribution in [1.29, 1.82) is 5.26 Å². The fraction of sp³-hybridized carbons (Fsp3) is 0.0909. The highest BCUT2D eigenvalue weighted by Crippen LogP contribution is 2.27. The Morgan fingerprint density at radius 1 is 1.27 bits per heavy atom.